The number of hydrogen-bond donors (Lipinski definition) is 0. The Morgan fingerprint density at radius 1 is 1.24 bits per heavy atom. The molecule has 11 heteroatoms. The highest BCUT2D eigenvalue weighted by molar-refractivity contribution is 9.10. The smallest absolute Gasteiger partial charge is 0.282 e. The van der Waals surface area contributed by atoms with E-state index in [0.29, 0.717) is 55.0 Å². The molecule has 34 heavy (non-hydrogen) atoms. The summed E-state index contributed by atoms with van der Waals surface area (Å²) in [6.45, 7) is 3.79. The summed E-state index contributed by atoms with van der Waals surface area (Å²) in [6.07, 6.45) is 2.00. The van der Waals surface area contributed by atoms with Crippen molar-refractivity contribution in [2.45, 2.75) is 13.3 Å². The molecule has 4 rings (SSSR count). The number of hydrogen-bond acceptors (Lipinski definition) is 6. The Labute approximate surface area is 214 Å². The summed E-state index contributed by atoms with van der Waals surface area (Å²) in [4.78, 5) is 31.6. The summed E-state index contributed by atoms with van der Waals surface area (Å²) in [5, 5.41) is 5.25. The zero-order chi connectivity index (χ0) is 24.2. The Bertz CT molecular complexity index is 1300. The Morgan fingerprint density at radius 3 is 2.62 bits per heavy atom. The third kappa shape index (κ3) is 5.43. The number of aromatic nitrogens is 2. The Kier molecular flexibility index (Phi) is 7.88. The van der Waals surface area contributed by atoms with E-state index in [0.717, 1.165) is 4.47 Å². The normalized spacial score (nSPS) is 14.2. The van der Waals surface area contributed by atoms with Crippen LogP contribution in [0.1, 0.15) is 18.3 Å². The van der Waals surface area contributed by atoms with Crippen molar-refractivity contribution in [3.63, 3.8) is 0 Å². The molecular formula is C23H21BrCl2N4O4. The first-order valence-corrected chi connectivity index (χ1v) is 12.1. The predicted molar refractivity (Wildman–Crippen MR) is 135 cm³/mol. The predicted octanol–water partition coefficient (Wildman–Crippen LogP) is 4.15. The Hall–Kier alpha value is -2.46. The zero-order valence-corrected chi connectivity index (χ0v) is 21.4. The van der Waals surface area contributed by atoms with E-state index in [9.17, 15) is 9.59 Å². The highest BCUT2D eigenvalue weighted by atomic mass is 79.9. The molecule has 0 unspecified atom stereocenters. The first-order valence-electron chi connectivity index (χ1n) is 10.6. The molecule has 0 bridgehead atoms. The van der Waals surface area contributed by atoms with Crippen LogP contribution in [0.15, 0.2) is 44.7 Å². The van der Waals surface area contributed by atoms with Crippen molar-refractivity contribution in [3.05, 3.63) is 66.6 Å². The summed E-state index contributed by atoms with van der Waals surface area (Å²) < 4.78 is 12.9. The van der Waals surface area contributed by atoms with Crippen molar-refractivity contribution < 1.29 is 14.3 Å². The van der Waals surface area contributed by atoms with E-state index in [4.69, 9.17) is 32.7 Å². The molecular weight excluding hydrogens is 547 g/mol. The molecule has 0 N–H and O–H groups in total. The Morgan fingerprint density at radius 2 is 1.94 bits per heavy atom. The van der Waals surface area contributed by atoms with Gasteiger partial charge in [0, 0.05) is 24.0 Å². The van der Waals surface area contributed by atoms with Gasteiger partial charge in [-0.05, 0) is 35.9 Å². The van der Waals surface area contributed by atoms with Gasteiger partial charge in [-0.3, -0.25) is 9.59 Å². The molecule has 1 aliphatic rings. The van der Waals surface area contributed by atoms with Crippen LogP contribution in [0.3, 0.4) is 0 Å². The second-order valence-corrected chi connectivity index (χ2v) is 9.23. The van der Waals surface area contributed by atoms with E-state index < -0.39 is 0 Å². The van der Waals surface area contributed by atoms with Gasteiger partial charge in [0.2, 0.25) is 0 Å². The first-order chi connectivity index (χ1) is 16.4. The summed E-state index contributed by atoms with van der Waals surface area (Å²) in [5.41, 5.74) is 0.888. The van der Waals surface area contributed by atoms with Crippen LogP contribution in [0, 0.1) is 0 Å². The molecule has 1 saturated heterocycles. The average molecular weight is 568 g/mol. The molecule has 1 aromatic heterocycles. The van der Waals surface area contributed by atoms with Gasteiger partial charge in [-0.2, -0.15) is 9.78 Å². The maximum Gasteiger partial charge on any atom is 0.282 e. The van der Waals surface area contributed by atoms with Crippen LogP contribution in [-0.4, -0.2) is 59.6 Å². The van der Waals surface area contributed by atoms with Crippen LogP contribution < -0.4 is 10.3 Å². The van der Waals surface area contributed by atoms with E-state index in [1.165, 1.54) is 10.9 Å². The van der Waals surface area contributed by atoms with Crippen LogP contribution in [0.25, 0.3) is 10.9 Å². The lowest BCUT2D eigenvalue weighted by Gasteiger charge is -2.26. The fourth-order valence-corrected chi connectivity index (χ4v) is 4.47. The minimum absolute atomic E-state index is 0.164. The molecule has 1 aliphatic heterocycles. The fraction of sp³-hybridized carbons (Fsp3) is 0.304. The van der Waals surface area contributed by atoms with Crippen molar-refractivity contribution in [2.24, 2.45) is 5.10 Å². The molecule has 3 aromatic rings. The van der Waals surface area contributed by atoms with Gasteiger partial charge in [-0.1, -0.05) is 46.1 Å². The minimum Gasteiger partial charge on any atom is -0.481 e. The zero-order valence-electron chi connectivity index (χ0n) is 18.3. The van der Waals surface area contributed by atoms with Crippen LogP contribution in [0.5, 0.6) is 5.75 Å². The highest BCUT2D eigenvalue weighted by Gasteiger charge is 2.19. The van der Waals surface area contributed by atoms with Crippen molar-refractivity contribution >= 4 is 62.2 Å². The van der Waals surface area contributed by atoms with E-state index in [2.05, 4.69) is 26.0 Å². The SMILES string of the molecule is CCc1nc2ccc(Br)cc2c(=O)n1N=Cc1cc(Cl)c(OCC(=O)N2CCOCC2)c(Cl)c1. The number of fused-ring (bicyclic) bond motifs is 1. The third-order valence-corrected chi connectivity index (χ3v) is 6.29. The number of carbonyl (C=O) groups excluding carboxylic acids is 1. The lowest BCUT2D eigenvalue weighted by atomic mass is 10.2. The number of nitrogens with zero attached hydrogens (tertiary/aromatic N) is 4. The largest absolute Gasteiger partial charge is 0.481 e. The third-order valence-electron chi connectivity index (χ3n) is 5.24. The summed E-state index contributed by atoms with van der Waals surface area (Å²) in [5.74, 6) is 0.573. The second kappa shape index (κ2) is 10.9. The van der Waals surface area contributed by atoms with Gasteiger partial charge in [-0.25, -0.2) is 4.98 Å². The number of amides is 1. The molecule has 0 saturated carbocycles. The van der Waals surface area contributed by atoms with Gasteiger partial charge in [0.1, 0.15) is 5.82 Å². The molecule has 8 nitrogen and oxygen atoms in total. The monoisotopic (exact) mass is 566 g/mol. The quantitative estimate of drug-likeness (QED) is 0.418. The first kappa shape index (κ1) is 24.7. The molecule has 0 spiro atoms. The van der Waals surface area contributed by atoms with Gasteiger partial charge in [0.05, 0.1) is 40.4 Å². The molecule has 2 heterocycles. The van der Waals surface area contributed by atoms with E-state index >= 15 is 0 Å². The Balaban J connectivity index is 1.56. The number of aryl methyl sites for hydroxylation is 1. The second-order valence-electron chi connectivity index (χ2n) is 7.50. The number of carbonyl (C=O) groups is 1. The van der Waals surface area contributed by atoms with Gasteiger partial charge in [-0.15, -0.1) is 0 Å². The standard InChI is InChI=1S/C23H21BrCl2N4O4/c1-2-20-28-19-4-3-15(24)11-16(19)23(32)30(20)27-12-14-9-17(25)22(18(26)10-14)34-13-21(31)29-5-7-33-8-6-29/h3-4,9-12H,2,5-8,13H2,1H3. The van der Waals surface area contributed by atoms with Crippen LogP contribution in [-0.2, 0) is 16.0 Å². The minimum atomic E-state index is -0.279. The van der Waals surface area contributed by atoms with Gasteiger partial charge < -0.3 is 14.4 Å². The lowest BCUT2D eigenvalue weighted by molar-refractivity contribution is -0.137. The number of halogens is 3. The van der Waals surface area contributed by atoms with Crippen molar-refractivity contribution in [2.75, 3.05) is 32.9 Å². The molecule has 0 radical (unpaired) electrons. The molecule has 1 fully saturated rings. The van der Waals surface area contributed by atoms with Crippen molar-refractivity contribution in [1.29, 1.82) is 0 Å². The number of benzene rings is 2. The van der Waals surface area contributed by atoms with Crippen LogP contribution >= 0.6 is 39.1 Å². The van der Waals surface area contributed by atoms with E-state index in [1.54, 1.807) is 29.2 Å². The van der Waals surface area contributed by atoms with Gasteiger partial charge in [0.25, 0.3) is 11.5 Å². The topological polar surface area (TPSA) is 86.0 Å². The average Bonchev–Trinajstić information content (AvgIpc) is 2.83. The molecule has 178 valence electrons. The van der Waals surface area contributed by atoms with Gasteiger partial charge >= 0.3 is 0 Å². The van der Waals surface area contributed by atoms with E-state index in [-0.39, 0.29) is 33.9 Å². The van der Waals surface area contributed by atoms with Gasteiger partial charge in [0.15, 0.2) is 12.4 Å². The molecule has 2 aromatic carbocycles. The molecule has 1 amide bonds. The highest BCUT2D eigenvalue weighted by Crippen LogP contribution is 2.34. The fourth-order valence-electron chi connectivity index (χ4n) is 3.50. The maximum atomic E-state index is 13.0. The molecule has 0 aliphatic carbocycles. The van der Waals surface area contributed by atoms with Crippen molar-refractivity contribution in [1.82, 2.24) is 14.6 Å². The summed E-state index contributed by atoms with van der Waals surface area (Å²) >= 11 is 16.1. The van der Waals surface area contributed by atoms with Crippen LogP contribution in [0.2, 0.25) is 10.0 Å². The maximum absolute atomic E-state index is 13.0. The number of rotatable bonds is 6. The lowest BCUT2D eigenvalue weighted by Crippen LogP contribution is -2.43. The molecule has 0 atom stereocenters. The number of morpholine rings is 1. The summed E-state index contributed by atoms with van der Waals surface area (Å²) in [7, 11) is 0. The van der Waals surface area contributed by atoms with Crippen LogP contribution in [0.4, 0.5) is 0 Å². The van der Waals surface area contributed by atoms with E-state index in [1.807, 2.05) is 13.0 Å². The summed E-state index contributed by atoms with van der Waals surface area (Å²) in [6, 6.07) is 8.55. The van der Waals surface area contributed by atoms with Crippen molar-refractivity contribution in [3.8, 4) is 5.75 Å². The number of ether oxygens (including phenoxy) is 2.